The molecule has 0 fully saturated rings. The Labute approximate surface area is 127 Å². The predicted octanol–water partition coefficient (Wildman–Crippen LogP) is 4.34. The van der Waals surface area contributed by atoms with Crippen LogP contribution in [0.1, 0.15) is 29.0 Å². The van der Waals surface area contributed by atoms with E-state index in [9.17, 15) is 0 Å². The van der Waals surface area contributed by atoms with E-state index in [4.69, 9.17) is 0 Å². The molecular formula is C19H24N2. The number of rotatable bonds is 3. The van der Waals surface area contributed by atoms with Crippen LogP contribution in [0.2, 0.25) is 0 Å². The van der Waals surface area contributed by atoms with Crippen LogP contribution >= 0.6 is 0 Å². The van der Waals surface area contributed by atoms with Crippen molar-refractivity contribution in [2.45, 2.75) is 26.2 Å². The van der Waals surface area contributed by atoms with Crippen LogP contribution in [-0.2, 0) is 0 Å². The fourth-order valence-electron chi connectivity index (χ4n) is 3.35. The van der Waals surface area contributed by atoms with Gasteiger partial charge in [0, 0.05) is 37.4 Å². The van der Waals surface area contributed by atoms with E-state index in [1.165, 1.54) is 34.5 Å². The third-order valence-corrected chi connectivity index (χ3v) is 4.35. The zero-order valence-corrected chi connectivity index (χ0v) is 13.2. The van der Waals surface area contributed by atoms with Gasteiger partial charge in [-0.2, -0.15) is 0 Å². The number of nitrogens with one attached hydrogen (secondary N) is 1. The summed E-state index contributed by atoms with van der Waals surface area (Å²) in [5, 5.41) is 3.51. The molecule has 0 bridgehead atoms. The maximum absolute atomic E-state index is 3.51. The Bertz CT molecular complexity index is 613. The van der Waals surface area contributed by atoms with E-state index in [1.807, 2.05) is 0 Å². The van der Waals surface area contributed by atoms with Crippen molar-refractivity contribution < 1.29 is 0 Å². The van der Waals surface area contributed by atoms with Crippen LogP contribution < -0.4 is 10.2 Å². The molecule has 0 saturated heterocycles. The van der Waals surface area contributed by atoms with Crippen molar-refractivity contribution in [1.82, 2.24) is 0 Å². The van der Waals surface area contributed by atoms with Gasteiger partial charge in [-0.3, -0.25) is 0 Å². The summed E-state index contributed by atoms with van der Waals surface area (Å²) in [7, 11) is 2.21. The third kappa shape index (κ3) is 3.05. The van der Waals surface area contributed by atoms with Gasteiger partial charge < -0.3 is 10.2 Å². The zero-order valence-electron chi connectivity index (χ0n) is 13.2. The van der Waals surface area contributed by atoms with Crippen molar-refractivity contribution in [3.63, 3.8) is 0 Å². The number of aryl methyl sites for hydroxylation is 2. The number of fused-ring (bicyclic) bond motifs is 1. The topological polar surface area (TPSA) is 15.3 Å². The summed E-state index contributed by atoms with van der Waals surface area (Å²) in [5.74, 6) is 0.605. The number of likely N-dealkylation sites (N-methyl/N-ethyl adjacent to an activating group) is 1. The molecule has 3 rings (SSSR count). The number of nitrogens with zero attached hydrogens (tertiary/aromatic N) is 1. The molecule has 1 N–H and O–H groups in total. The van der Waals surface area contributed by atoms with E-state index in [2.05, 4.69) is 73.6 Å². The van der Waals surface area contributed by atoms with E-state index < -0.39 is 0 Å². The molecular weight excluding hydrogens is 256 g/mol. The Hall–Kier alpha value is -1.96. The Morgan fingerprint density at radius 2 is 1.81 bits per heavy atom. The van der Waals surface area contributed by atoms with Crippen LogP contribution in [0.4, 0.5) is 11.4 Å². The molecule has 0 aromatic heterocycles. The highest BCUT2D eigenvalue weighted by Crippen LogP contribution is 2.32. The van der Waals surface area contributed by atoms with E-state index in [0.717, 1.165) is 13.1 Å². The molecule has 1 aliphatic rings. The van der Waals surface area contributed by atoms with Gasteiger partial charge in [0.15, 0.2) is 0 Å². The van der Waals surface area contributed by atoms with E-state index in [1.54, 1.807) is 0 Å². The normalized spacial score (nSPS) is 17.0. The molecule has 1 aliphatic heterocycles. The lowest BCUT2D eigenvalue weighted by Crippen LogP contribution is -2.28. The highest BCUT2D eigenvalue weighted by molar-refractivity contribution is 5.56. The molecule has 110 valence electrons. The Morgan fingerprint density at radius 3 is 2.57 bits per heavy atom. The minimum Gasteiger partial charge on any atom is -0.385 e. The Kier molecular flexibility index (Phi) is 3.87. The lowest BCUT2D eigenvalue weighted by molar-refractivity contribution is 0.619. The number of hydrogen-bond acceptors (Lipinski definition) is 2. The first-order chi connectivity index (χ1) is 10.1. The average Bonchev–Trinajstić information content (AvgIpc) is 2.46. The fraction of sp³-hybridized carbons (Fsp3) is 0.368. The van der Waals surface area contributed by atoms with Crippen LogP contribution in [0.5, 0.6) is 0 Å². The van der Waals surface area contributed by atoms with Crippen molar-refractivity contribution in [1.29, 1.82) is 0 Å². The fourth-order valence-corrected chi connectivity index (χ4v) is 3.35. The summed E-state index contributed by atoms with van der Waals surface area (Å²) in [6.07, 6.45) is 1.20. The first kappa shape index (κ1) is 14.0. The van der Waals surface area contributed by atoms with Crippen LogP contribution in [0, 0.1) is 13.8 Å². The summed E-state index contributed by atoms with van der Waals surface area (Å²) in [4.78, 5) is 2.40. The van der Waals surface area contributed by atoms with E-state index in [-0.39, 0.29) is 0 Å². The molecule has 2 aromatic rings. The average molecular weight is 280 g/mol. The van der Waals surface area contributed by atoms with Crippen molar-refractivity contribution >= 4 is 11.4 Å². The maximum Gasteiger partial charge on any atom is 0.0376 e. The summed E-state index contributed by atoms with van der Waals surface area (Å²) in [5.41, 5.74) is 6.76. The smallest absolute Gasteiger partial charge is 0.0376 e. The molecule has 21 heavy (non-hydrogen) atoms. The highest BCUT2D eigenvalue weighted by Gasteiger charge is 2.21. The predicted molar refractivity (Wildman–Crippen MR) is 91.5 cm³/mol. The summed E-state index contributed by atoms with van der Waals surface area (Å²) >= 11 is 0. The molecule has 0 radical (unpaired) electrons. The van der Waals surface area contributed by atoms with Gasteiger partial charge in [0.2, 0.25) is 0 Å². The molecule has 0 spiro atoms. The molecule has 0 aliphatic carbocycles. The molecule has 2 nitrogen and oxygen atoms in total. The highest BCUT2D eigenvalue weighted by atomic mass is 15.1. The van der Waals surface area contributed by atoms with Crippen LogP contribution in [0.15, 0.2) is 42.5 Å². The van der Waals surface area contributed by atoms with Gasteiger partial charge in [-0.1, -0.05) is 24.3 Å². The summed E-state index contributed by atoms with van der Waals surface area (Å²) in [6, 6.07) is 15.5. The minimum absolute atomic E-state index is 0.605. The van der Waals surface area contributed by atoms with Crippen molar-refractivity contribution in [3.05, 3.63) is 59.2 Å². The number of para-hydroxylation sites is 1. The maximum atomic E-state index is 3.51. The molecule has 1 unspecified atom stereocenters. The van der Waals surface area contributed by atoms with Crippen molar-refractivity contribution in [2.75, 3.05) is 30.4 Å². The van der Waals surface area contributed by atoms with Gasteiger partial charge in [0.1, 0.15) is 0 Å². The molecule has 2 heteroatoms. The monoisotopic (exact) mass is 280 g/mol. The van der Waals surface area contributed by atoms with Crippen LogP contribution in [-0.4, -0.2) is 20.1 Å². The van der Waals surface area contributed by atoms with Gasteiger partial charge in [-0.05, 0) is 55.2 Å². The molecule has 0 saturated carbocycles. The van der Waals surface area contributed by atoms with E-state index >= 15 is 0 Å². The summed E-state index contributed by atoms with van der Waals surface area (Å²) in [6.45, 7) is 6.48. The van der Waals surface area contributed by atoms with Crippen LogP contribution in [0.25, 0.3) is 0 Å². The van der Waals surface area contributed by atoms with Crippen molar-refractivity contribution in [3.8, 4) is 0 Å². The van der Waals surface area contributed by atoms with Crippen molar-refractivity contribution in [2.24, 2.45) is 0 Å². The second-order valence-electron chi connectivity index (χ2n) is 6.23. The number of hydrogen-bond donors (Lipinski definition) is 1. The van der Waals surface area contributed by atoms with Crippen LogP contribution in [0.3, 0.4) is 0 Å². The number of benzene rings is 2. The van der Waals surface area contributed by atoms with Gasteiger partial charge in [-0.15, -0.1) is 0 Å². The zero-order chi connectivity index (χ0) is 14.8. The first-order valence-corrected chi connectivity index (χ1v) is 7.76. The first-order valence-electron chi connectivity index (χ1n) is 7.76. The lowest BCUT2D eigenvalue weighted by atomic mass is 9.90. The molecule has 0 amide bonds. The largest absolute Gasteiger partial charge is 0.385 e. The quantitative estimate of drug-likeness (QED) is 0.899. The SMILES string of the molecule is Cc1cc(C)cc(N(C)CC2CCNc3ccccc32)c1. The van der Waals surface area contributed by atoms with Gasteiger partial charge in [-0.25, -0.2) is 0 Å². The van der Waals surface area contributed by atoms with E-state index in [0.29, 0.717) is 5.92 Å². The molecule has 1 atom stereocenters. The standard InChI is InChI=1S/C19H24N2/c1-14-10-15(2)12-17(11-14)21(3)13-16-8-9-20-19-7-5-4-6-18(16)19/h4-7,10-12,16,20H,8-9,13H2,1-3H3. The Morgan fingerprint density at radius 1 is 1.10 bits per heavy atom. The Balaban J connectivity index is 1.81. The van der Waals surface area contributed by atoms with Gasteiger partial charge in [0.25, 0.3) is 0 Å². The number of anilines is 2. The van der Waals surface area contributed by atoms with Gasteiger partial charge in [0.05, 0.1) is 0 Å². The molecule has 2 aromatic carbocycles. The molecule has 1 heterocycles. The van der Waals surface area contributed by atoms with Gasteiger partial charge >= 0.3 is 0 Å². The summed E-state index contributed by atoms with van der Waals surface area (Å²) < 4.78 is 0. The lowest BCUT2D eigenvalue weighted by Gasteiger charge is -2.31. The third-order valence-electron chi connectivity index (χ3n) is 4.35. The second kappa shape index (κ2) is 5.80. The minimum atomic E-state index is 0.605. The second-order valence-corrected chi connectivity index (χ2v) is 6.23.